The zero-order valence-corrected chi connectivity index (χ0v) is 34.8. The van der Waals surface area contributed by atoms with Crippen LogP contribution in [0.4, 0.5) is 26.7 Å². The molecule has 0 spiro atoms. The number of carbonyl (C=O) groups excluding carboxylic acids is 4. The highest BCUT2D eigenvalue weighted by molar-refractivity contribution is 6.21. The number of rotatable bonds is 13. The van der Waals surface area contributed by atoms with Crippen LogP contribution in [0, 0.1) is 0 Å². The van der Waals surface area contributed by atoms with Crippen LogP contribution < -0.4 is 25.6 Å². The molecule has 0 saturated carbocycles. The first kappa shape index (κ1) is 41.8. The lowest BCUT2D eigenvalue weighted by Gasteiger charge is -2.43. The Morgan fingerprint density at radius 3 is 1.97 bits per heavy atom. The van der Waals surface area contributed by atoms with Gasteiger partial charge in [-0.1, -0.05) is 70.2 Å². The van der Waals surface area contributed by atoms with Gasteiger partial charge in [0.05, 0.1) is 17.7 Å². The summed E-state index contributed by atoms with van der Waals surface area (Å²) in [6.45, 7) is 16.3. The van der Waals surface area contributed by atoms with Crippen LogP contribution in [0.25, 0.3) is 0 Å². The van der Waals surface area contributed by atoms with Crippen LogP contribution in [0.1, 0.15) is 117 Å². The number of ether oxygens (including phenoxy) is 2. The smallest absolute Gasteiger partial charge is 0.412 e. The normalized spacial score (nSPS) is 15.1. The molecule has 1 fully saturated rings. The topological polar surface area (TPSA) is 129 Å². The summed E-state index contributed by atoms with van der Waals surface area (Å²) >= 11 is 0. The number of nitrogens with one attached hydrogen (secondary N) is 3. The van der Waals surface area contributed by atoms with E-state index in [1.165, 1.54) is 10.6 Å². The molecule has 0 atom stereocenters. The summed E-state index contributed by atoms with van der Waals surface area (Å²) < 4.78 is 11.7. The summed E-state index contributed by atoms with van der Waals surface area (Å²) in [6, 6.07) is 28.9. The maximum absolute atomic E-state index is 14.0. The zero-order valence-electron chi connectivity index (χ0n) is 34.8. The highest BCUT2D eigenvalue weighted by Crippen LogP contribution is 2.39. The Bertz CT molecular complexity index is 2050. The van der Waals surface area contributed by atoms with Gasteiger partial charge in [0.1, 0.15) is 11.4 Å². The van der Waals surface area contributed by atoms with Crippen molar-refractivity contribution < 1.29 is 28.7 Å². The molecule has 0 bridgehead atoms. The van der Waals surface area contributed by atoms with E-state index in [9.17, 15) is 19.2 Å². The fourth-order valence-corrected chi connectivity index (χ4v) is 7.81. The highest BCUT2D eigenvalue weighted by Gasteiger charge is 2.38. The Balaban J connectivity index is 1.17. The summed E-state index contributed by atoms with van der Waals surface area (Å²) in [5.41, 5.74) is 5.27. The first-order chi connectivity index (χ1) is 27.6. The molecule has 11 nitrogen and oxygen atoms in total. The first-order valence-electron chi connectivity index (χ1n) is 20.4. The molecule has 58 heavy (non-hydrogen) atoms. The summed E-state index contributed by atoms with van der Waals surface area (Å²) in [4.78, 5) is 56.0. The minimum atomic E-state index is -0.637. The van der Waals surface area contributed by atoms with Gasteiger partial charge in [-0.25, -0.2) is 9.59 Å². The van der Waals surface area contributed by atoms with E-state index in [-0.39, 0.29) is 41.6 Å². The van der Waals surface area contributed by atoms with Gasteiger partial charge in [0.2, 0.25) is 0 Å². The van der Waals surface area contributed by atoms with Crippen LogP contribution in [0.5, 0.6) is 5.75 Å². The Hall–Kier alpha value is -5.84. The van der Waals surface area contributed by atoms with Gasteiger partial charge in [-0.2, -0.15) is 0 Å². The van der Waals surface area contributed by atoms with Crippen molar-refractivity contribution in [2.24, 2.45) is 0 Å². The molecule has 306 valence electrons. The average Bonchev–Trinajstić information content (AvgIpc) is 3.43. The lowest BCUT2D eigenvalue weighted by Crippen LogP contribution is -2.49. The molecule has 11 heteroatoms. The monoisotopic (exact) mass is 787 g/mol. The molecule has 2 aliphatic heterocycles. The molecule has 0 unspecified atom stereocenters. The van der Waals surface area contributed by atoms with Gasteiger partial charge in [-0.15, -0.1) is 0 Å². The standard InChI is InChI=1S/C47H57N5O6/c1-31(2)39-28-34(49-45(56)58-46(5,6)7)29-40(32(3)4)41(39)50-44(55)48-30-47(21-24-51(25-22-47)35-16-9-8-10-17-35)33-15-13-18-36(27-33)57-26-14-23-52-42(53)37-19-11-12-20-38(37)43(52)54/h8-13,15-20,27-29,31-32H,14,21-26,30H2,1-7H3,(H,49,56)(H2,48,50,55). The number of urea groups is 1. The van der Waals surface area contributed by atoms with E-state index in [0.717, 1.165) is 48.3 Å². The fraction of sp³-hybridized carbons (Fsp3) is 0.404. The maximum Gasteiger partial charge on any atom is 0.412 e. The van der Waals surface area contributed by atoms with Gasteiger partial charge < -0.3 is 25.0 Å². The number of anilines is 3. The second-order valence-electron chi connectivity index (χ2n) is 16.9. The number of para-hydroxylation sites is 1. The van der Waals surface area contributed by atoms with Crippen molar-refractivity contribution in [3.63, 3.8) is 0 Å². The predicted molar refractivity (Wildman–Crippen MR) is 229 cm³/mol. The largest absolute Gasteiger partial charge is 0.494 e. The third-order valence-corrected chi connectivity index (χ3v) is 10.9. The van der Waals surface area contributed by atoms with E-state index in [2.05, 4.69) is 84.9 Å². The van der Waals surface area contributed by atoms with Crippen LogP contribution in [-0.4, -0.2) is 67.2 Å². The van der Waals surface area contributed by atoms with Gasteiger partial charge in [0, 0.05) is 48.7 Å². The van der Waals surface area contributed by atoms with Crippen LogP contribution in [0.3, 0.4) is 0 Å². The van der Waals surface area contributed by atoms with Crippen LogP contribution >= 0.6 is 0 Å². The number of nitrogens with zero attached hydrogens (tertiary/aromatic N) is 2. The van der Waals surface area contributed by atoms with Gasteiger partial charge in [0.15, 0.2) is 0 Å². The number of imide groups is 1. The number of piperidine rings is 1. The predicted octanol–water partition coefficient (Wildman–Crippen LogP) is 9.71. The fourth-order valence-electron chi connectivity index (χ4n) is 7.81. The highest BCUT2D eigenvalue weighted by atomic mass is 16.6. The number of fused-ring (bicyclic) bond motifs is 1. The van der Waals surface area contributed by atoms with Crippen molar-refractivity contribution in [1.29, 1.82) is 0 Å². The molecular weight excluding hydrogens is 731 g/mol. The molecule has 4 aromatic rings. The van der Waals surface area contributed by atoms with E-state index in [1.54, 1.807) is 24.3 Å². The van der Waals surface area contributed by atoms with Gasteiger partial charge >= 0.3 is 12.1 Å². The quantitative estimate of drug-likeness (QED) is 0.0909. The Labute approximate surface area is 342 Å². The number of carbonyl (C=O) groups is 4. The van der Waals surface area contributed by atoms with Crippen molar-refractivity contribution >= 4 is 41.0 Å². The molecule has 6 rings (SSSR count). The Kier molecular flexibility index (Phi) is 12.8. The van der Waals surface area contributed by atoms with Crippen LogP contribution in [0.15, 0.2) is 91.0 Å². The third kappa shape index (κ3) is 9.81. The number of benzene rings is 4. The second kappa shape index (κ2) is 17.7. The molecule has 0 aromatic heterocycles. The lowest BCUT2D eigenvalue weighted by molar-refractivity contribution is 0.0626. The molecule has 5 amide bonds. The van der Waals surface area contributed by atoms with Crippen molar-refractivity contribution in [3.8, 4) is 5.75 Å². The summed E-state index contributed by atoms with van der Waals surface area (Å²) in [6.07, 6.45) is 1.55. The molecule has 1 saturated heterocycles. The Morgan fingerprint density at radius 1 is 0.776 bits per heavy atom. The van der Waals surface area contributed by atoms with Gasteiger partial charge in [-0.05, 0) is 117 Å². The molecule has 4 aromatic carbocycles. The molecule has 0 radical (unpaired) electrons. The van der Waals surface area contributed by atoms with Gasteiger partial charge in [0.25, 0.3) is 11.8 Å². The van der Waals surface area contributed by atoms with E-state index in [1.807, 2.05) is 51.1 Å². The minimum Gasteiger partial charge on any atom is -0.494 e. The lowest BCUT2D eigenvalue weighted by atomic mass is 9.72. The van der Waals surface area contributed by atoms with Crippen molar-refractivity contribution in [3.05, 3.63) is 119 Å². The molecule has 2 heterocycles. The molecule has 3 N–H and O–H groups in total. The number of amides is 5. The van der Waals surface area contributed by atoms with E-state index < -0.39 is 11.7 Å². The van der Waals surface area contributed by atoms with Crippen molar-refractivity contribution in [2.45, 2.75) is 90.6 Å². The van der Waals surface area contributed by atoms with Gasteiger partial charge in [-0.3, -0.25) is 19.8 Å². The van der Waals surface area contributed by atoms with Crippen LogP contribution in [0.2, 0.25) is 0 Å². The third-order valence-electron chi connectivity index (χ3n) is 10.9. The molecule has 2 aliphatic rings. The van der Waals surface area contributed by atoms with Crippen molar-refractivity contribution in [2.75, 3.05) is 48.3 Å². The van der Waals surface area contributed by atoms with E-state index in [4.69, 9.17) is 9.47 Å². The summed E-state index contributed by atoms with van der Waals surface area (Å²) in [7, 11) is 0. The van der Waals surface area contributed by atoms with Crippen molar-refractivity contribution in [1.82, 2.24) is 10.2 Å². The number of hydrogen-bond donors (Lipinski definition) is 3. The average molecular weight is 788 g/mol. The zero-order chi connectivity index (χ0) is 41.6. The summed E-state index contributed by atoms with van der Waals surface area (Å²) in [5, 5.41) is 9.34. The minimum absolute atomic E-state index is 0.0530. The first-order valence-corrected chi connectivity index (χ1v) is 20.4. The molecular formula is C47H57N5O6. The maximum atomic E-state index is 14.0. The summed E-state index contributed by atoms with van der Waals surface area (Å²) in [5.74, 6) is 0.263. The number of hydrogen-bond acceptors (Lipinski definition) is 7. The Morgan fingerprint density at radius 2 is 1.38 bits per heavy atom. The molecule has 0 aliphatic carbocycles. The van der Waals surface area contributed by atoms with E-state index >= 15 is 0 Å². The van der Waals surface area contributed by atoms with Crippen LogP contribution in [-0.2, 0) is 10.2 Å². The SMILES string of the molecule is CC(C)c1cc(NC(=O)OC(C)(C)C)cc(C(C)C)c1NC(=O)NCC1(c2cccc(OCCCN3C(=O)c4ccccc4C3=O)c2)CCN(c2ccccc2)CC1. The van der Waals surface area contributed by atoms with E-state index in [0.29, 0.717) is 42.1 Å². The second-order valence-corrected chi connectivity index (χ2v) is 16.9.